The number of hydrogen-bond acceptors (Lipinski definition) is 4. The fourth-order valence-electron chi connectivity index (χ4n) is 3.18. The number of sulfone groups is 1. The molecular weight excluding hydrogens is 262 g/mol. The molecule has 1 N–H and O–H groups in total. The third-order valence-corrected chi connectivity index (χ3v) is 6.51. The monoisotopic (exact) mass is 281 g/mol. The molecule has 1 aliphatic carbocycles. The van der Waals surface area contributed by atoms with Crippen LogP contribution >= 0.6 is 0 Å². The van der Waals surface area contributed by atoms with Crippen molar-refractivity contribution in [1.82, 2.24) is 5.32 Å². The maximum Gasteiger partial charge on any atom is 0.156 e. The summed E-state index contributed by atoms with van der Waals surface area (Å²) >= 11 is 0. The number of benzene rings is 1. The SMILES string of the molecule is CCC1CS(=O)(=O)C2Cc3ccc(OC)cc3C2N1. The van der Waals surface area contributed by atoms with E-state index in [1.54, 1.807) is 7.11 Å². The largest absolute Gasteiger partial charge is 0.497 e. The summed E-state index contributed by atoms with van der Waals surface area (Å²) in [7, 11) is -1.38. The van der Waals surface area contributed by atoms with Crippen molar-refractivity contribution in [2.75, 3.05) is 12.9 Å². The van der Waals surface area contributed by atoms with Gasteiger partial charge in [0.15, 0.2) is 9.84 Å². The van der Waals surface area contributed by atoms with Gasteiger partial charge in [-0.25, -0.2) is 8.42 Å². The summed E-state index contributed by atoms with van der Waals surface area (Å²) in [5.41, 5.74) is 2.22. The molecule has 0 bridgehead atoms. The van der Waals surface area contributed by atoms with Crippen molar-refractivity contribution in [2.45, 2.75) is 37.1 Å². The predicted molar refractivity (Wildman–Crippen MR) is 74.2 cm³/mol. The Balaban J connectivity index is 2.03. The average molecular weight is 281 g/mol. The van der Waals surface area contributed by atoms with Crippen molar-refractivity contribution in [3.8, 4) is 5.75 Å². The molecule has 4 nitrogen and oxygen atoms in total. The minimum Gasteiger partial charge on any atom is -0.497 e. The predicted octanol–water partition coefficient (Wildman–Crippen LogP) is 1.46. The summed E-state index contributed by atoms with van der Waals surface area (Å²) in [5, 5.41) is 3.19. The smallest absolute Gasteiger partial charge is 0.156 e. The van der Waals surface area contributed by atoms with Crippen LogP contribution < -0.4 is 10.1 Å². The highest BCUT2D eigenvalue weighted by Crippen LogP contribution is 2.40. The molecule has 19 heavy (non-hydrogen) atoms. The molecule has 0 spiro atoms. The maximum absolute atomic E-state index is 12.4. The molecule has 3 atom stereocenters. The Hall–Kier alpha value is -1.07. The summed E-state index contributed by atoms with van der Waals surface area (Å²) in [4.78, 5) is 0. The molecular formula is C14H19NO3S. The Labute approximate surface area is 114 Å². The molecule has 0 radical (unpaired) electrons. The van der Waals surface area contributed by atoms with E-state index in [9.17, 15) is 8.42 Å². The van der Waals surface area contributed by atoms with Crippen LogP contribution in [0.1, 0.15) is 30.5 Å². The van der Waals surface area contributed by atoms with Gasteiger partial charge < -0.3 is 10.1 Å². The third kappa shape index (κ3) is 2.05. The standard InChI is InChI=1S/C14H19NO3S/c1-3-10-8-19(16,17)13-6-9-4-5-11(18-2)7-12(9)14(13)15-10/h4-5,7,10,13-15H,3,6,8H2,1-2H3. The zero-order valence-corrected chi connectivity index (χ0v) is 12.0. The van der Waals surface area contributed by atoms with Gasteiger partial charge in [0.1, 0.15) is 5.75 Å². The summed E-state index contributed by atoms with van der Waals surface area (Å²) < 4.78 is 30.0. The van der Waals surface area contributed by atoms with Crippen LogP contribution in [-0.2, 0) is 16.3 Å². The van der Waals surface area contributed by atoms with Crippen molar-refractivity contribution in [1.29, 1.82) is 0 Å². The van der Waals surface area contributed by atoms with Crippen molar-refractivity contribution in [3.63, 3.8) is 0 Å². The summed E-state index contributed by atoms with van der Waals surface area (Å²) in [5.74, 6) is 1.05. The van der Waals surface area contributed by atoms with E-state index in [2.05, 4.69) is 5.32 Å². The van der Waals surface area contributed by atoms with E-state index >= 15 is 0 Å². The van der Waals surface area contributed by atoms with Gasteiger partial charge in [0.05, 0.1) is 18.1 Å². The first-order chi connectivity index (χ1) is 9.05. The van der Waals surface area contributed by atoms with Crippen molar-refractivity contribution in [2.24, 2.45) is 0 Å². The fraction of sp³-hybridized carbons (Fsp3) is 0.571. The molecule has 104 valence electrons. The Morgan fingerprint density at radius 2 is 2.21 bits per heavy atom. The fourth-order valence-corrected chi connectivity index (χ4v) is 5.40. The second-order valence-electron chi connectivity index (χ2n) is 5.39. The number of rotatable bonds is 2. The van der Waals surface area contributed by atoms with Crippen LogP contribution in [0.4, 0.5) is 0 Å². The molecule has 1 heterocycles. The Morgan fingerprint density at radius 1 is 1.42 bits per heavy atom. The van der Waals surface area contributed by atoms with E-state index in [0.717, 1.165) is 23.3 Å². The number of methoxy groups -OCH3 is 1. The van der Waals surface area contributed by atoms with E-state index in [1.807, 2.05) is 25.1 Å². The molecule has 5 heteroatoms. The molecule has 1 fully saturated rings. The highest BCUT2D eigenvalue weighted by atomic mass is 32.2. The van der Waals surface area contributed by atoms with Crippen LogP contribution in [0.5, 0.6) is 5.75 Å². The van der Waals surface area contributed by atoms with Gasteiger partial charge in [-0.1, -0.05) is 13.0 Å². The highest BCUT2D eigenvalue weighted by Gasteiger charge is 2.45. The van der Waals surface area contributed by atoms with Gasteiger partial charge in [-0.3, -0.25) is 0 Å². The molecule has 1 aromatic carbocycles. The van der Waals surface area contributed by atoms with Crippen LogP contribution in [0.2, 0.25) is 0 Å². The van der Waals surface area contributed by atoms with Crippen LogP contribution in [0.15, 0.2) is 18.2 Å². The lowest BCUT2D eigenvalue weighted by Crippen LogP contribution is -2.50. The molecule has 1 aromatic rings. The van der Waals surface area contributed by atoms with Crippen LogP contribution in [0, 0.1) is 0 Å². The van der Waals surface area contributed by atoms with Crippen LogP contribution in [-0.4, -0.2) is 32.6 Å². The Bertz CT molecular complexity index is 597. The highest BCUT2D eigenvalue weighted by molar-refractivity contribution is 7.92. The summed E-state index contributed by atoms with van der Waals surface area (Å²) in [6.45, 7) is 2.02. The lowest BCUT2D eigenvalue weighted by Gasteiger charge is -2.33. The normalized spacial score (nSPS) is 31.6. The lowest BCUT2D eigenvalue weighted by molar-refractivity contribution is 0.402. The van der Waals surface area contributed by atoms with Gasteiger partial charge in [-0.05, 0) is 36.1 Å². The average Bonchev–Trinajstić information content (AvgIpc) is 2.77. The molecule has 3 rings (SSSR count). The van der Waals surface area contributed by atoms with Crippen molar-refractivity contribution >= 4 is 9.84 Å². The van der Waals surface area contributed by atoms with E-state index in [1.165, 1.54) is 0 Å². The van der Waals surface area contributed by atoms with E-state index in [4.69, 9.17) is 4.74 Å². The molecule has 0 saturated carbocycles. The summed E-state index contributed by atoms with van der Waals surface area (Å²) in [6.07, 6.45) is 1.46. The summed E-state index contributed by atoms with van der Waals surface area (Å²) in [6, 6.07) is 5.85. The molecule has 1 aliphatic heterocycles. The minimum atomic E-state index is -3.01. The topological polar surface area (TPSA) is 55.4 Å². The first kappa shape index (κ1) is 12.9. The van der Waals surface area contributed by atoms with Gasteiger partial charge in [0.25, 0.3) is 0 Å². The number of nitrogens with one attached hydrogen (secondary N) is 1. The Morgan fingerprint density at radius 3 is 2.89 bits per heavy atom. The van der Waals surface area contributed by atoms with Crippen molar-refractivity contribution in [3.05, 3.63) is 29.3 Å². The second-order valence-corrected chi connectivity index (χ2v) is 7.65. The van der Waals surface area contributed by atoms with Crippen LogP contribution in [0.3, 0.4) is 0 Å². The number of fused-ring (bicyclic) bond motifs is 3. The van der Waals surface area contributed by atoms with Gasteiger partial charge in [0, 0.05) is 12.1 Å². The first-order valence-electron chi connectivity index (χ1n) is 6.69. The van der Waals surface area contributed by atoms with E-state index in [0.29, 0.717) is 6.42 Å². The van der Waals surface area contributed by atoms with Gasteiger partial charge in [-0.15, -0.1) is 0 Å². The zero-order valence-electron chi connectivity index (χ0n) is 11.2. The molecule has 2 aliphatic rings. The van der Waals surface area contributed by atoms with E-state index < -0.39 is 9.84 Å². The molecule has 0 aromatic heterocycles. The van der Waals surface area contributed by atoms with Gasteiger partial charge in [0.2, 0.25) is 0 Å². The minimum absolute atomic E-state index is 0.0587. The van der Waals surface area contributed by atoms with E-state index in [-0.39, 0.29) is 23.1 Å². The quantitative estimate of drug-likeness (QED) is 0.891. The Kier molecular flexibility index (Phi) is 3.06. The van der Waals surface area contributed by atoms with Crippen LogP contribution in [0.25, 0.3) is 0 Å². The maximum atomic E-state index is 12.4. The van der Waals surface area contributed by atoms with Crippen molar-refractivity contribution < 1.29 is 13.2 Å². The van der Waals surface area contributed by atoms with Gasteiger partial charge in [-0.2, -0.15) is 0 Å². The first-order valence-corrected chi connectivity index (χ1v) is 8.41. The molecule has 3 unspecified atom stereocenters. The van der Waals surface area contributed by atoms with Gasteiger partial charge >= 0.3 is 0 Å². The second kappa shape index (κ2) is 4.49. The third-order valence-electron chi connectivity index (χ3n) is 4.28. The molecule has 0 amide bonds. The lowest BCUT2D eigenvalue weighted by atomic mass is 10.1. The number of hydrogen-bond donors (Lipinski definition) is 1. The molecule has 1 saturated heterocycles. The number of ether oxygens (including phenoxy) is 1. The zero-order chi connectivity index (χ0) is 13.6.